The van der Waals surface area contributed by atoms with Crippen molar-refractivity contribution in [3.8, 4) is 11.3 Å². The van der Waals surface area contributed by atoms with E-state index in [4.69, 9.17) is 0 Å². The van der Waals surface area contributed by atoms with E-state index in [1.807, 2.05) is 20.2 Å². The molecule has 1 saturated heterocycles. The van der Waals surface area contributed by atoms with Crippen LogP contribution in [0.1, 0.15) is 29.0 Å². The molecule has 0 unspecified atom stereocenters. The van der Waals surface area contributed by atoms with Crippen LogP contribution in [0.5, 0.6) is 0 Å². The molecule has 1 fully saturated rings. The Morgan fingerprint density at radius 1 is 1.36 bits per heavy atom. The lowest BCUT2D eigenvalue weighted by Gasteiger charge is -2.15. The summed E-state index contributed by atoms with van der Waals surface area (Å²) in [6, 6.07) is 1.63. The van der Waals surface area contributed by atoms with Crippen LogP contribution in [0.3, 0.4) is 0 Å². The second-order valence-electron chi connectivity index (χ2n) is 6.15. The summed E-state index contributed by atoms with van der Waals surface area (Å²) in [6.45, 7) is 3.08. The van der Waals surface area contributed by atoms with Gasteiger partial charge in [-0.1, -0.05) is 0 Å². The van der Waals surface area contributed by atoms with Crippen molar-refractivity contribution in [3.63, 3.8) is 0 Å². The van der Waals surface area contributed by atoms with Crippen LogP contribution in [0.2, 0.25) is 0 Å². The third kappa shape index (κ3) is 3.90. The lowest BCUT2D eigenvalue weighted by Crippen LogP contribution is -2.36. The van der Waals surface area contributed by atoms with Crippen molar-refractivity contribution >= 4 is 15.9 Å². The minimum Gasteiger partial charge on any atom is -0.350 e. The number of nitrogens with one attached hydrogen (secondary N) is 2. The highest BCUT2D eigenvalue weighted by Crippen LogP contribution is 2.20. The topological polar surface area (TPSA) is 113 Å². The largest absolute Gasteiger partial charge is 0.350 e. The first kappa shape index (κ1) is 17.6. The van der Waals surface area contributed by atoms with E-state index >= 15 is 0 Å². The Morgan fingerprint density at radius 3 is 2.72 bits per heavy atom. The summed E-state index contributed by atoms with van der Waals surface area (Å²) in [5.41, 5.74) is 2.57. The summed E-state index contributed by atoms with van der Waals surface area (Å²) in [4.78, 5) is 12.2. The Labute approximate surface area is 146 Å². The number of aryl methyl sites for hydroxylation is 2. The molecule has 9 nitrogen and oxygen atoms in total. The van der Waals surface area contributed by atoms with Gasteiger partial charge in [-0.25, -0.2) is 12.7 Å². The van der Waals surface area contributed by atoms with Crippen LogP contribution in [0.4, 0.5) is 0 Å². The van der Waals surface area contributed by atoms with Crippen molar-refractivity contribution < 1.29 is 13.2 Å². The highest BCUT2D eigenvalue weighted by molar-refractivity contribution is 7.89. The molecule has 0 aromatic carbocycles. The van der Waals surface area contributed by atoms with Gasteiger partial charge in [-0.05, 0) is 25.8 Å². The highest BCUT2D eigenvalue weighted by atomic mass is 32.2. The van der Waals surface area contributed by atoms with Crippen LogP contribution in [0, 0.1) is 6.92 Å². The van der Waals surface area contributed by atoms with Gasteiger partial charge >= 0.3 is 0 Å². The number of H-pyrrole nitrogens is 1. The van der Waals surface area contributed by atoms with Crippen molar-refractivity contribution in [2.45, 2.75) is 19.8 Å². The van der Waals surface area contributed by atoms with Crippen LogP contribution in [0.15, 0.2) is 12.3 Å². The summed E-state index contributed by atoms with van der Waals surface area (Å²) in [5, 5.41) is 13.7. The molecule has 1 aliphatic rings. The lowest BCUT2D eigenvalue weighted by molar-refractivity contribution is 0.0951. The monoisotopic (exact) mass is 366 g/mol. The average molecular weight is 366 g/mol. The predicted molar refractivity (Wildman–Crippen MR) is 92.5 cm³/mol. The molecule has 2 aromatic rings. The van der Waals surface area contributed by atoms with Gasteiger partial charge in [0, 0.05) is 38.4 Å². The molecule has 0 radical (unpaired) electrons. The van der Waals surface area contributed by atoms with Gasteiger partial charge in [-0.2, -0.15) is 10.2 Å². The number of nitrogens with zero attached hydrogens (tertiary/aromatic N) is 4. The van der Waals surface area contributed by atoms with Crippen LogP contribution in [-0.4, -0.2) is 64.0 Å². The Hall–Kier alpha value is -2.20. The Balaban J connectivity index is 1.58. The minimum atomic E-state index is -3.30. The summed E-state index contributed by atoms with van der Waals surface area (Å²) < 4.78 is 27.4. The predicted octanol–water partition coefficient (Wildman–Crippen LogP) is 0.274. The second kappa shape index (κ2) is 6.96. The van der Waals surface area contributed by atoms with Crippen LogP contribution in [0.25, 0.3) is 11.3 Å². The number of carbonyl (C=O) groups excluding carboxylic acids is 1. The number of carbonyl (C=O) groups is 1. The molecule has 3 heterocycles. The van der Waals surface area contributed by atoms with E-state index in [-0.39, 0.29) is 23.9 Å². The lowest BCUT2D eigenvalue weighted by atomic mass is 10.2. The molecule has 1 amide bonds. The molecule has 2 N–H and O–H groups in total. The van der Waals surface area contributed by atoms with Gasteiger partial charge in [-0.15, -0.1) is 0 Å². The Kier molecular flexibility index (Phi) is 4.91. The standard InChI is InChI=1S/C15H22N6O3S/c1-11-12(10-20(2)19-11)13-9-14(18-17-13)15(22)16-5-8-25(23,24)21-6-3-4-7-21/h9-10H,3-8H2,1-2H3,(H,16,22)(H,17,18). The van der Waals surface area contributed by atoms with Crippen LogP contribution < -0.4 is 5.32 Å². The van der Waals surface area contributed by atoms with Crippen LogP contribution in [-0.2, 0) is 17.1 Å². The Bertz CT molecular complexity index is 864. The molecule has 3 rings (SSSR count). The molecule has 25 heavy (non-hydrogen) atoms. The zero-order valence-corrected chi connectivity index (χ0v) is 15.1. The van der Waals surface area contributed by atoms with Crippen molar-refractivity contribution in [3.05, 3.63) is 23.7 Å². The molecule has 0 atom stereocenters. The molecule has 0 bridgehead atoms. The van der Waals surface area contributed by atoms with Gasteiger partial charge in [0.05, 0.1) is 17.1 Å². The van der Waals surface area contributed by atoms with Crippen molar-refractivity contribution in [2.75, 3.05) is 25.4 Å². The molecule has 0 spiro atoms. The van der Waals surface area contributed by atoms with E-state index < -0.39 is 10.0 Å². The highest BCUT2D eigenvalue weighted by Gasteiger charge is 2.25. The number of aromatic amines is 1. The van der Waals surface area contributed by atoms with E-state index in [9.17, 15) is 13.2 Å². The summed E-state index contributed by atoms with van der Waals surface area (Å²) >= 11 is 0. The fourth-order valence-electron chi connectivity index (χ4n) is 2.91. The maximum absolute atomic E-state index is 12.2. The first-order chi connectivity index (χ1) is 11.9. The van der Waals surface area contributed by atoms with E-state index in [0.29, 0.717) is 18.8 Å². The number of aromatic nitrogens is 4. The minimum absolute atomic E-state index is 0.0674. The zero-order chi connectivity index (χ0) is 18.0. The molecule has 1 aliphatic heterocycles. The normalized spacial score (nSPS) is 15.6. The molecule has 2 aromatic heterocycles. The van der Waals surface area contributed by atoms with Gasteiger partial charge in [0.15, 0.2) is 0 Å². The van der Waals surface area contributed by atoms with Gasteiger partial charge in [0.1, 0.15) is 5.69 Å². The van der Waals surface area contributed by atoms with E-state index in [1.165, 1.54) is 4.31 Å². The number of amides is 1. The van der Waals surface area contributed by atoms with E-state index in [2.05, 4.69) is 20.6 Å². The number of hydrogen-bond acceptors (Lipinski definition) is 5. The smallest absolute Gasteiger partial charge is 0.269 e. The zero-order valence-electron chi connectivity index (χ0n) is 14.3. The number of rotatable bonds is 6. The first-order valence-electron chi connectivity index (χ1n) is 8.19. The van der Waals surface area contributed by atoms with Gasteiger partial charge in [-0.3, -0.25) is 14.6 Å². The third-order valence-electron chi connectivity index (χ3n) is 4.22. The molecule has 0 saturated carbocycles. The maximum Gasteiger partial charge on any atom is 0.269 e. The van der Waals surface area contributed by atoms with E-state index in [1.54, 1.807) is 10.7 Å². The number of sulfonamides is 1. The fraction of sp³-hybridized carbons (Fsp3) is 0.533. The van der Waals surface area contributed by atoms with E-state index in [0.717, 1.165) is 24.1 Å². The summed E-state index contributed by atoms with van der Waals surface area (Å²) in [7, 11) is -1.48. The maximum atomic E-state index is 12.2. The van der Waals surface area contributed by atoms with Crippen LogP contribution >= 0.6 is 0 Å². The first-order valence-corrected chi connectivity index (χ1v) is 9.80. The quantitative estimate of drug-likeness (QED) is 0.762. The second-order valence-corrected chi connectivity index (χ2v) is 8.24. The SMILES string of the molecule is Cc1nn(C)cc1-c1cc(C(=O)NCCS(=O)(=O)N2CCCC2)[nH]n1. The van der Waals surface area contributed by atoms with Crippen molar-refractivity contribution in [2.24, 2.45) is 7.05 Å². The number of hydrogen-bond donors (Lipinski definition) is 2. The molecular formula is C15H22N6O3S. The Morgan fingerprint density at radius 2 is 2.08 bits per heavy atom. The third-order valence-corrected chi connectivity index (χ3v) is 6.09. The van der Waals surface area contributed by atoms with Crippen molar-refractivity contribution in [1.82, 2.24) is 29.6 Å². The van der Waals surface area contributed by atoms with Gasteiger partial charge in [0.2, 0.25) is 10.0 Å². The average Bonchev–Trinajstić information content (AvgIpc) is 3.27. The molecular weight excluding hydrogens is 344 g/mol. The van der Waals surface area contributed by atoms with Crippen molar-refractivity contribution in [1.29, 1.82) is 0 Å². The molecule has 0 aliphatic carbocycles. The van der Waals surface area contributed by atoms with Gasteiger partial charge < -0.3 is 5.32 Å². The van der Waals surface area contributed by atoms with Gasteiger partial charge in [0.25, 0.3) is 5.91 Å². The summed E-state index contributed by atoms with van der Waals surface area (Å²) in [6.07, 6.45) is 3.63. The molecule has 136 valence electrons. The fourth-order valence-corrected chi connectivity index (χ4v) is 4.34. The summed E-state index contributed by atoms with van der Waals surface area (Å²) in [5.74, 6) is -0.474. The molecule has 10 heteroatoms.